The summed E-state index contributed by atoms with van der Waals surface area (Å²) >= 11 is 7.32. The first-order valence-electron chi connectivity index (χ1n) is 12.1. The zero-order chi connectivity index (χ0) is 24.9. The Morgan fingerprint density at radius 2 is 1.06 bits per heavy atom. The monoisotopic (exact) mass is 593 g/mol. The van der Waals surface area contributed by atoms with Gasteiger partial charge in [0.15, 0.2) is 0 Å². The van der Waals surface area contributed by atoms with E-state index in [0.29, 0.717) is 0 Å². The van der Waals surface area contributed by atoms with Crippen molar-refractivity contribution in [2.75, 3.05) is 4.90 Å². The lowest BCUT2D eigenvalue weighted by Crippen LogP contribution is -2.37. The molecule has 5 aromatic rings. The van der Waals surface area contributed by atoms with E-state index in [4.69, 9.17) is 0 Å². The highest BCUT2D eigenvalue weighted by molar-refractivity contribution is 9.10. The van der Waals surface area contributed by atoms with E-state index in [-0.39, 0.29) is 0 Å². The number of rotatable bonds is 3. The summed E-state index contributed by atoms with van der Waals surface area (Å²) in [6.07, 6.45) is 0. The molecule has 1 aliphatic rings. The van der Waals surface area contributed by atoms with Crippen molar-refractivity contribution in [1.29, 1.82) is 0 Å². The van der Waals surface area contributed by atoms with Gasteiger partial charge in [-0.25, -0.2) is 0 Å². The molecule has 0 amide bonds. The van der Waals surface area contributed by atoms with Crippen molar-refractivity contribution in [1.82, 2.24) is 0 Å². The molecule has 36 heavy (non-hydrogen) atoms. The van der Waals surface area contributed by atoms with Crippen LogP contribution in [0.25, 0.3) is 0 Å². The Bertz CT molecular complexity index is 1510. The molecule has 1 heterocycles. The molecule has 0 radical (unpaired) electrons. The van der Waals surface area contributed by atoms with Crippen LogP contribution in [-0.2, 0) is 5.41 Å². The number of benzene rings is 5. The van der Waals surface area contributed by atoms with Gasteiger partial charge in [-0.3, -0.25) is 0 Å². The normalized spacial score (nSPS) is 13.7. The quantitative estimate of drug-likeness (QED) is 0.197. The summed E-state index contributed by atoms with van der Waals surface area (Å²) in [4.78, 5) is 2.42. The van der Waals surface area contributed by atoms with Crippen LogP contribution in [0.1, 0.15) is 33.4 Å². The number of hydrogen-bond acceptors (Lipinski definition) is 1. The maximum absolute atomic E-state index is 3.66. The number of aryl methyl sites for hydroxylation is 2. The second-order valence-electron chi connectivity index (χ2n) is 9.47. The summed E-state index contributed by atoms with van der Waals surface area (Å²) in [5.41, 5.74) is 10.6. The number of fused-ring (bicyclic) bond motifs is 2. The van der Waals surface area contributed by atoms with Crippen LogP contribution in [0.2, 0.25) is 0 Å². The van der Waals surface area contributed by atoms with Crippen molar-refractivity contribution in [3.8, 4) is 0 Å². The SMILES string of the molecule is Cc1ccc(N2c3ccccc3C(c3ccc(Br)cc3)(c3ccc(Br)cc3)c3cc(C)ccc32)cc1. The average molecular weight is 595 g/mol. The minimum atomic E-state index is -0.472. The highest BCUT2D eigenvalue weighted by Crippen LogP contribution is 2.57. The molecule has 0 aromatic heterocycles. The van der Waals surface area contributed by atoms with Gasteiger partial charge < -0.3 is 4.90 Å². The van der Waals surface area contributed by atoms with Gasteiger partial charge in [-0.2, -0.15) is 0 Å². The smallest absolute Gasteiger partial charge is 0.0742 e. The van der Waals surface area contributed by atoms with Crippen molar-refractivity contribution in [3.05, 3.63) is 158 Å². The van der Waals surface area contributed by atoms with E-state index >= 15 is 0 Å². The zero-order valence-electron chi connectivity index (χ0n) is 20.2. The lowest BCUT2D eigenvalue weighted by molar-refractivity contribution is 0.730. The maximum atomic E-state index is 3.66. The molecule has 1 aliphatic heterocycles. The molecule has 0 N–H and O–H groups in total. The van der Waals surface area contributed by atoms with Crippen LogP contribution in [0.3, 0.4) is 0 Å². The van der Waals surface area contributed by atoms with E-state index in [9.17, 15) is 0 Å². The lowest BCUT2D eigenvalue weighted by atomic mass is 9.62. The molecule has 0 atom stereocenters. The number of hydrogen-bond donors (Lipinski definition) is 0. The Labute approximate surface area is 229 Å². The molecule has 0 spiro atoms. The van der Waals surface area contributed by atoms with E-state index in [2.05, 4.69) is 166 Å². The van der Waals surface area contributed by atoms with E-state index in [1.165, 1.54) is 50.4 Å². The highest BCUT2D eigenvalue weighted by Gasteiger charge is 2.46. The van der Waals surface area contributed by atoms with Crippen LogP contribution in [0.4, 0.5) is 17.1 Å². The fourth-order valence-electron chi connectivity index (χ4n) is 5.57. The van der Waals surface area contributed by atoms with Crippen LogP contribution in [0, 0.1) is 13.8 Å². The van der Waals surface area contributed by atoms with E-state index in [1.54, 1.807) is 0 Å². The standard InChI is InChI=1S/C33H25Br2N/c1-22-7-18-28(19-8-22)36-31-6-4-3-5-29(31)33(24-10-14-26(34)15-11-24,25-12-16-27(35)17-13-25)30-21-23(2)9-20-32(30)36/h3-21H,1-2H3. The van der Waals surface area contributed by atoms with Gasteiger partial charge in [0, 0.05) is 14.6 Å². The third-order valence-corrected chi connectivity index (χ3v) is 8.25. The minimum absolute atomic E-state index is 0.472. The summed E-state index contributed by atoms with van der Waals surface area (Å²) < 4.78 is 2.15. The minimum Gasteiger partial charge on any atom is -0.310 e. The van der Waals surface area contributed by atoms with Gasteiger partial charge in [-0.15, -0.1) is 0 Å². The number of halogens is 2. The summed E-state index contributed by atoms with van der Waals surface area (Å²) in [7, 11) is 0. The molecule has 6 rings (SSSR count). The highest BCUT2D eigenvalue weighted by atomic mass is 79.9. The Kier molecular flexibility index (Phi) is 5.86. The number of anilines is 3. The number of para-hydroxylation sites is 1. The third-order valence-electron chi connectivity index (χ3n) is 7.19. The molecule has 0 saturated carbocycles. The van der Waals surface area contributed by atoms with Gasteiger partial charge in [0.2, 0.25) is 0 Å². The Morgan fingerprint density at radius 3 is 1.67 bits per heavy atom. The zero-order valence-corrected chi connectivity index (χ0v) is 23.3. The molecular weight excluding hydrogens is 570 g/mol. The third kappa shape index (κ3) is 3.65. The fraction of sp³-hybridized carbons (Fsp3) is 0.0909. The fourth-order valence-corrected chi connectivity index (χ4v) is 6.09. The molecule has 0 aliphatic carbocycles. The first-order valence-corrected chi connectivity index (χ1v) is 13.7. The summed E-state index contributed by atoms with van der Waals surface area (Å²) in [6.45, 7) is 4.32. The second kappa shape index (κ2) is 9.06. The van der Waals surface area contributed by atoms with Crippen molar-refractivity contribution >= 4 is 48.9 Å². The van der Waals surface area contributed by atoms with Gasteiger partial charge in [-0.05, 0) is 84.6 Å². The molecule has 0 fully saturated rings. The van der Waals surface area contributed by atoms with Gasteiger partial charge in [0.25, 0.3) is 0 Å². The summed E-state index contributed by atoms with van der Waals surface area (Å²) in [5.74, 6) is 0. The first-order chi connectivity index (χ1) is 17.5. The molecule has 0 saturated heterocycles. The lowest BCUT2D eigenvalue weighted by Gasteiger charge is -2.46. The molecular formula is C33H25Br2N. The van der Waals surface area contributed by atoms with Crippen LogP contribution in [0.15, 0.2) is 124 Å². The van der Waals surface area contributed by atoms with Crippen molar-refractivity contribution < 1.29 is 0 Å². The second-order valence-corrected chi connectivity index (χ2v) is 11.3. The Morgan fingerprint density at radius 1 is 0.528 bits per heavy atom. The molecule has 5 aromatic carbocycles. The number of nitrogens with zero attached hydrogens (tertiary/aromatic N) is 1. The maximum Gasteiger partial charge on any atom is 0.0742 e. The van der Waals surface area contributed by atoms with Crippen molar-refractivity contribution in [3.63, 3.8) is 0 Å². The van der Waals surface area contributed by atoms with Gasteiger partial charge >= 0.3 is 0 Å². The molecule has 0 unspecified atom stereocenters. The van der Waals surface area contributed by atoms with E-state index in [1.807, 2.05) is 0 Å². The summed E-state index contributed by atoms with van der Waals surface area (Å²) in [6, 6.07) is 42.2. The molecule has 3 heteroatoms. The van der Waals surface area contributed by atoms with Crippen LogP contribution in [0.5, 0.6) is 0 Å². The largest absolute Gasteiger partial charge is 0.310 e. The molecule has 1 nitrogen and oxygen atoms in total. The van der Waals surface area contributed by atoms with Gasteiger partial charge in [0.05, 0.1) is 16.8 Å². The Balaban J connectivity index is 1.77. The van der Waals surface area contributed by atoms with E-state index < -0.39 is 5.41 Å². The molecule has 176 valence electrons. The van der Waals surface area contributed by atoms with Crippen LogP contribution >= 0.6 is 31.9 Å². The topological polar surface area (TPSA) is 3.24 Å². The van der Waals surface area contributed by atoms with Crippen molar-refractivity contribution in [2.24, 2.45) is 0 Å². The predicted molar refractivity (Wildman–Crippen MR) is 158 cm³/mol. The first kappa shape index (κ1) is 23.3. The van der Waals surface area contributed by atoms with E-state index in [0.717, 1.165) is 8.95 Å². The Hall–Kier alpha value is -3.14. The van der Waals surface area contributed by atoms with Crippen molar-refractivity contribution in [2.45, 2.75) is 19.3 Å². The predicted octanol–water partition coefficient (Wildman–Crippen LogP) is 9.99. The van der Waals surface area contributed by atoms with Crippen LogP contribution in [-0.4, -0.2) is 0 Å². The van der Waals surface area contributed by atoms with Gasteiger partial charge in [-0.1, -0.05) is 110 Å². The van der Waals surface area contributed by atoms with Gasteiger partial charge in [0.1, 0.15) is 0 Å². The average Bonchev–Trinajstić information content (AvgIpc) is 2.89. The van der Waals surface area contributed by atoms with Crippen LogP contribution < -0.4 is 4.90 Å². The molecule has 0 bridgehead atoms. The summed E-state index contributed by atoms with van der Waals surface area (Å²) in [5, 5.41) is 0.